The number of carbonyl (C=O) groups is 1. The van der Waals surface area contributed by atoms with Crippen molar-refractivity contribution in [1.29, 1.82) is 0 Å². The summed E-state index contributed by atoms with van der Waals surface area (Å²) in [5, 5.41) is 1.19. The van der Waals surface area contributed by atoms with Crippen molar-refractivity contribution in [1.82, 2.24) is 14.8 Å². The van der Waals surface area contributed by atoms with E-state index in [0.717, 1.165) is 56.0 Å². The van der Waals surface area contributed by atoms with Gasteiger partial charge in [-0.2, -0.15) is 0 Å². The molecule has 0 spiro atoms. The average molecular weight is 420 g/mol. The van der Waals surface area contributed by atoms with E-state index in [1.54, 1.807) is 11.3 Å². The van der Waals surface area contributed by atoms with Crippen molar-refractivity contribution < 1.29 is 4.79 Å². The van der Waals surface area contributed by atoms with Crippen LogP contribution in [0, 0.1) is 0 Å². The maximum absolute atomic E-state index is 13.1. The van der Waals surface area contributed by atoms with Gasteiger partial charge in [-0.1, -0.05) is 37.1 Å². The third-order valence-corrected chi connectivity index (χ3v) is 7.70. The molecule has 2 aliphatic rings. The number of aryl methyl sites for hydroxylation is 2. The highest BCUT2D eigenvalue weighted by Crippen LogP contribution is 2.29. The molecule has 0 atom stereocenters. The molecule has 0 unspecified atom stereocenters. The van der Waals surface area contributed by atoms with Crippen molar-refractivity contribution in [2.24, 2.45) is 0 Å². The summed E-state index contributed by atoms with van der Waals surface area (Å²) >= 11 is 1.75. The Morgan fingerprint density at radius 3 is 2.63 bits per heavy atom. The Bertz CT molecular complexity index is 1010. The van der Waals surface area contributed by atoms with Crippen molar-refractivity contribution in [2.75, 3.05) is 26.2 Å². The summed E-state index contributed by atoms with van der Waals surface area (Å²) in [7, 11) is 0. The fraction of sp³-hybridized carbons (Fsp3) is 0.440. The molecule has 4 nitrogen and oxygen atoms in total. The van der Waals surface area contributed by atoms with Gasteiger partial charge in [-0.25, -0.2) is 0 Å². The molecule has 0 saturated carbocycles. The summed E-state index contributed by atoms with van der Waals surface area (Å²) in [6.45, 7) is 4.34. The Hall–Kier alpha value is -2.24. The maximum atomic E-state index is 13.1. The Labute approximate surface area is 182 Å². The number of rotatable bonds is 3. The number of piperazine rings is 1. The average Bonchev–Trinajstić information content (AvgIpc) is 3.16. The summed E-state index contributed by atoms with van der Waals surface area (Å²) in [4.78, 5) is 24.6. The number of pyridine rings is 1. The summed E-state index contributed by atoms with van der Waals surface area (Å²) in [5.74, 6) is 0.234. The van der Waals surface area contributed by atoms with E-state index in [9.17, 15) is 4.79 Å². The highest BCUT2D eigenvalue weighted by Gasteiger charge is 2.25. The number of carbonyl (C=O) groups excluding carboxylic acids is 1. The monoisotopic (exact) mass is 419 g/mol. The van der Waals surface area contributed by atoms with Gasteiger partial charge in [0.2, 0.25) is 0 Å². The molecule has 3 heterocycles. The van der Waals surface area contributed by atoms with Crippen LogP contribution in [0.25, 0.3) is 10.9 Å². The molecular weight excluding hydrogens is 390 g/mol. The molecule has 1 fully saturated rings. The van der Waals surface area contributed by atoms with Crippen LogP contribution in [0.1, 0.15) is 51.4 Å². The van der Waals surface area contributed by atoms with Crippen LogP contribution >= 0.6 is 11.3 Å². The van der Waals surface area contributed by atoms with E-state index in [-0.39, 0.29) is 5.91 Å². The second kappa shape index (κ2) is 8.86. The molecule has 0 bridgehead atoms. The van der Waals surface area contributed by atoms with E-state index in [2.05, 4.69) is 45.1 Å². The smallest absolute Gasteiger partial charge is 0.264 e. The minimum Gasteiger partial charge on any atom is -0.335 e. The van der Waals surface area contributed by atoms with Crippen LogP contribution in [0.2, 0.25) is 0 Å². The quantitative estimate of drug-likeness (QED) is 0.605. The fourth-order valence-corrected chi connectivity index (χ4v) is 5.97. The first-order valence-electron chi connectivity index (χ1n) is 11.2. The zero-order chi connectivity index (χ0) is 20.3. The van der Waals surface area contributed by atoms with E-state index in [4.69, 9.17) is 0 Å². The van der Waals surface area contributed by atoms with Crippen molar-refractivity contribution in [3.05, 3.63) is 63.5 Å². The molecule has 0 radical (unpaired) electrons. The number of benzene rings is 1. The number of fused-ring (bicyclic) bond motifs is 2. The summed E-state index contributed by atoms with van der Waals surface area (Å²) in [6, 6.07) is 12.7. The highest BCUT2D eigenvalue weighted by atomic mass is 32.1. The SMILES string of the molecule is O=C(c1cc2c(s1)CCCCCC2)N1CCN(Cc2cccc3cccnc23)CC1. The lowest BCUT2D eigenvalue weighted by Crippen LogP contribution is -2.48. The summed E-state index contributed by atoms with van der Waals surface area (Å²) in [6.07, 6.45) is 9.35. The Kier molecular flexibility index (Phi) is 5.82. The van der Waals surface area contributed by atoms with Gasteiger partial charge in [-0.15, -0.1) is 11.3 Å². The van der Waals surface area contributed by atoms with Crippen LogP contribution in [0.5, 0.6) is 0 Å². The van der Waals surface area contributed by atoms with Gasteiger partial charge in [0.05, 0.1) is 10.4 Å². The van der Waals surface area contributed by atoms with Gasteiger partial charge in [0.15, 0.2) is 0 Å². The zero-order valence-electron chi connectivity index (χ0n) is 17.5. The molecule has 5 heteroatoms. The van der Waals surface area contributed by atoms with Crippen LogP contribution < -0.4 is 0 Å². The Morgan fingerprint density at radius 2 is 1.77 bits per heavy atom. The third-order valence-electron chi connectivity index (χ3n) is 6.48. The first-order valence-corrected chi connectivity index (χ1v) is 12.1. The lowest BCUT2D eigenvalue weighted by Gasteiger charge is -2.34. The van der Waals surface area contributed by atoms with Crippen molar-refractivity contribution >= 4 is 28.1 Å². The fourth-order valence-electron chi connectivity index (χ4n) is 4.75. The van der Waals surface area contributed by atoms with Gasteiger partial charge in [-0.05, 0) is 48.9 Å². The second-order valence-electron chi connectivity index (χ2n) is 8.53. The molecule has 2 aromatic heterocycles. The van der Waals surface area contributed by atoms with Gasteiger partial charge in [0.25, 0.3) is 5.91 Å². The normalized spacial score (nSPS) is 18.1. The molecule has 1 aromatic carbocycles. The van der Waals surface area contributed by atoms with Gasteiger partial charge < -0.3 is 4.90 Å². The molecule has 3 aromatic rings. The highest BCUT2D eigenvalue weighted by molar-refractivity contribution is 7.14. The van der Waals surface area contributed by atoms with Crippen LogP contribution in [0.15, 0.2) is 42.6 Å². The molecule has 1 aliphatic carbocycles. The predicted molar refractivity (Wildman–Crippen MR) is 123 cm³/mol. The predicted octanol–water partition coefficient (Wildman–Crippen LogP) is 4.91. The van der Waals surface area contributed by atoms with Gasteiger partial charge >= 0.3 is 0 Å². The first-order chi connectivity index (χ1) is 14.8. The van der Waals surface area contributed by atoms with E-state index < -0.39 is 0 Å². The molecule has 30 heavy (non-hydrogen) atoms. The van der Waals surface area contributed by atoms with Gasteiger partial charge in [0, 0.05) is 49.2 Å². The molecule has 5 rings (SSSR count). The lowest BCUT2D eigenvalue weighted by molar-refractivity contribution is 0.0633. The second-order valence-corrected chi connectivity index (χ2v) is 9.67. The van der Waals surface area contributed by atoms with E-state index >= 15 is 0 Å². The van der Waals surface area contributed by atoms with Gasteiger partial charge in [-0.3, -0.25) is 14.7 Å². The number of aromatic nitrogens is 1. The number of hydrogen-bond acceptors (Lipinski definition) is 4. The summed E-state index contributed by atoms with van der Waals surface area (Å²) < 4.78 is 0. The molecule has 0 N–H and O–H groups in total. The van der Waals surface area contributed by atoms with Crippen molar-refractivity contribution in [3.8, 4) is 0 Å². The number of thiophene rings is 1. The summed E-state index contributed by atoms with van der Waals surface area (Å²) in [5.41, 5.74) is 3.80. The zero-order valence-corrected chi connectivity index (χ0v) is 18.3. The van der Waals surface area contributed by atoms with E-state index in [1.165, 1.54) is 47.1 Å². The van der Waals surface area contributed by atoms with Crippen molar-refractivity contribution in [3.63, 3.8) is 0 Å². The number of hydrogen-bond donors (Lipinski definition) is 0. The van der Waals surface area contributed by atoms with Crippen molar-refractivity contribution in [2.45, 2.75) is 45.1 Å². The minimum absolute atomic E-state index is 0.234. The van der Waals surface area contributed by atoms with E-state index in [0.29, 0.717) is 0 Å². The van der Waals surface area contributed by atoms with E-state index in [1.807, 2.05) is 12.3 Å². The standard InChI is InChI=1S/C25H29N3OS/c29-25(23-17-20-7-3-1-2-4-11-22(20)30-23)28-15-13-27(14-16-28)18-21-9-5-8-19-10-6-12-26-24(19)21/h5-6,8-10,12,17H,1-4,7,11,13-16,18H2. The molecular formula is C25H29N3OS. The van der Waals surface area contributed by atoms with Crippen LogP contribution in [0.3, 0.4) is 0 Å². The van der Waals surface area contributed by atoms with Crippen LogP contribution in [0.4, 0.5) is 0 Å². The Balaban J connectivity index is 1.22. The molecule has 1 saturated heterocycles. The molecule has 156 valence electrons. The maximum Gasteiger partial charge on any atom is 0.264 e. The Morgan fingerprint density at radius 1 is 0.967 bits per heavy atom. The minimum atomic E-state index is 0.234. The first kappa shape index (κ1) is 19.7. The number of para-hydroxylation sites is 1. The molecule has 1 aliphatic heterocycles. The molecule has 1 amide bonds. The largest absolute Gasteiger partial charge is 0.335 e. The number of amides is 1. The third kappa shape index (κ3) is 4.14. The lowest BCUT2D eigenvalue weighted by atomic mass is 10.00. The van der Waals surface area contributed by atoms with Crippen LogP contribution in [-0.4, -0.2) is 46.9 Å². The van der Waals surface area contributed by atoms with Gasteiger partial charge in [0.1, 0.15) is 0 Å². The number of nitrogens with zero attached hydrogens (tertiary/aromatic N) is 3. The van der Waals surface area contributed by atoms with Crippen LogP contribution in [-0.2, 0) is 19.4 Å². The topological polar surface area (TPSA) is 36.4 Å².